The van der Waals surface area contributed by atoms with E-state index in [-0.39, 0.29) is 0 Å². The van der Waals surface area contributed by atoms with Crippen LogP contribution in [0.3, 0.4) is 0 Å². The van der Waals surface area contributed by atoms with Crippen LogP contribution < -0.4 is 10.2 Å². The van der Waals surface area contributed by atoms with Gasteiger partial charge in [0.15, 0.2) is 5.58 Å². The SMILES string of the molecule is CCN(CC)c1nc2ncc(NC(=O)OC)cc2o1. The van der Waals surface area contributed by atoms with Crippen molar-refractivity contribution in [1.29, 1.82) is 0 Å². The van der Waals surface area contributed by atoms with Crippen LogP contribution in [0.5, 0.6) is 0 Å². The van der Waals surface area contributed by atoms with Crippen molar-refractivity contribution in [3.8, 4) is 0 Å². The van der Waals surface area contributed by atoms with Gasteiger partial charge in [0.2, 0.25) is 5.65 Å². The summed E-state index contributed by atoms with van der Waals surface area (Å²) in [5, 5.41) is 2.53. The number of aromatic nitrogens is 2. The average Bonchev–Trinajstić information content (AvgIpc) is 2.82. The minimum Gasteiger partial charge on any atom is -0.453 e. The second-order valence-corrected chi connectivity index (χ2v) is 3.83. The van der Waals surface area contributed by atoms with Crippen molar-refractivity contribution in [1.82, 2.24) is 9.97 Å². The van der Waals surface area contributed by atoms with Crippen molar-refractivity contribution in [2.45, 2.75) is 13.8 Å². The van der Waals surface area contributed by atoms with E-state index in [4.69, 9.17) is 4.42 Å². The molecule has 7 heteroatoms. The summed E-state index contributed by atoms with van der Waals surface area (Å²) < 4.78 is 10.1. The van der Waals surface area contributed by atoms with Gasteiger partial charge < -0.3 is 14.1 Å². The van der Waals surface area contributed by atoms with E-state index in [1.807, 2.05) is 18.7 Å². The van der Waals surface area contributed by atoms with Crippen molar-refractivity contribution in [3.05, 3.63) is 12.3 Å². The van der Waals surface area contributed by atoms with Gasteiger partial charge in [-0.3, -0.25) is 5.32 Å². The highest BCUT2D eigenvalue weighted by Gasteiger charge is 2.13. The Morgan fingerprint density at radius 2 is 2.21 bits per heavy atom. The van der Waals surface area contributed by atoms with Crippen molar-refractivity contribution in [2.24, 2.45) is 0 Å². The van der Waals surface area contributed by atoms with Crippen LogP contribution in [0.2, 0.25) is 0 Å². The summed E-state index contributed by atoms with van der Waals surface area (Å²) in [6, 6.07) is 2.20. The molecule has 1 N–H and O–H groups in total. The van der Waals surface area contributed by atoms with Gasteiger partial charge in [0.1, 0.15) is 0 Å². The Bertz CT molecular complexity index is 577. The highest BCUT2D eigenvalue weighted by molar-refractivity contribution is 5.86. The van der Waals surface area contributed by atoms with Crippen LogP contribution in [0, 0.1) is 0 Å². The molecule has 0 fully saturated rings. The predicted molar refractivity (Wildman–Crippen MR) is 71.4 cm³/mol. The molecule has 0 radical (unpaired) electrons. The first kappa shape index (κ1) is 13.1. The first-order chi connectivity index (χ1) is 9.17. The second kappa shape index (κ2) is 5.55. The minimum absolute atomic E-state index is 0.501. The molecule has 2 heterocycles. The van der Waals surface area contributed by atoms with E-state index in [1.54, 1.807) is 6.07 Å². The first-order valence-corrected chi connectivity index (χ1v) is 6.04. The number of pyridine rings is 1. The summed E-state index contributed by atoms with van der Waals surface area (Å²) >= 11 is 0. The number of amides is 1. The standard InChI is InChI=1S/C12H16N4O3/c1-4-16(5-2)11-15-10-9(19-11)6-8(7-13-10)14-12(17)18-3/h6-7H,4-5H2,1-3H3,(H,14,17). The van der Waals surface area contributed by atoms with Gasteiger partial charge in [-0.25, -0.2) is 9.78 Å². The molecule has 0 saturated carbocycles. The average molecular weight is 264 g/mol. The number of ether oxygens (including phenoxy) is 1. The maximum absolute atomic E-state index is 11.1. The molecule has 2 aromatic rings. The van der Waals surface area contributed by atoms with Gasteiger partial charge in [0.05, 0.1) is 19.0 Å². The molecule has 1 amide bonds. The van der Waals surface area contributed by atoms with Gasteiger partial charge in [-0.15, -0.1) is 0 Å². The highest BCUT2D eigenvalue weighted by Crippen LogP contribution is 2.22. The van der Waals surface area contributed by atoms with E-state index in [0.29, 0.717) is 22.9 Å². The Kier molecular flexibility index (Phi) is 3.84. The van der Waals surface area contributed by atoms with Gasteiger partial charge in [-0.05, 0) is 13.8 Å². The number of hydrogen-bond donors (Lipinski definition) is 1. The molecule has 0 aromatic carbocycles. The molecule has 0 aliphatic rings. The maximum Gasteiger partial charge on any atom is 0.411 e. The van der Waals surface area contributed by atoms with E-state index < -0.39 is 6.09 Å². The second-order valence-electron chi connectivity index (χ2n) is 3.83. The molecule has 0 aliphatic heterocycles. The Morgan fingerprint density at radius 1 is 1.47 bits per heavy atom. The van der Waals surface area contributed by atoms with E-state index >= 15 is 0 Å². The lowest BCUT2D eigenvalue weighted by Crippen LogP contribution is -2.21. The van der Waals surface area contributed by atoms with Gasteiger partial charge >= 0.3 is 6.09 Å². The van der Waals surface area contributed by atoms with Crippen LogP contribution >= 0.6 is 0 Å². The van der Waals surface area contributed by atoms with E-state index in [2.05, 4.69) is 20.0 Å². The molecular formula is C12H16N4O3. The number of fused-ring (bicyclic) bond motifs is 1. The maximum atomic E-state index is 11.1. The van der Waals surface area contributed by atoms with Gasteiger partial charge in [0, 0.05) is 19.2 Å². The fourth-order valence-electron chi connectivity index (χ4n) is 1.67. The lowest BCUT2D eigenvalue weighted by molar-refractivity contribution is 0.187. The molecule has 0 saturated heterocycles. The lowest BCUT2D eigenvalue weighted by Gasteiger charge is -2.14. The summed E-state index contributed by atoms with van der Waals surface area (Å²) in [6.45, 7) is 5.65. The number of carbonyl (C=O) groups is 1. The zero-order valence-electron chi connectivity index (χ0n) is 11.1. The van der Waals surface area contributed by atoms with Crippen LogP contribution in [0.1, 0.15) is 13.8 Å². The Balaban J connectivity index is 2.30. The van der Waals surface area contributed by atoms with E-state index in [9.17, 15) is 4.79 Å². The topological polar surface area (TPSA) is 80.5 Å². The zero-order chi connectivity index (χ0) is 13.8. The molecule has 0 bridgehead atoms. The molecule has 2 aromatic heterocycles. The molecule has 0 aliphatic carbocycles. The van der Waals surface area contributed by atoms with Crippen LogP contribution in [0.25, 0.3) is 11.2 Å². The van der Waals surface area contributed by atoms with Crippen LogP contribution in [0.4, 0.5) is 16.5 Å². The van der Waals surface area contributed by atoms with Gasteiger partial charge in [-0.2, -0.15) is 4.98 Å². The van der Waals surface area contributed by atoms with Crippen molar-refractivity contribution >= 4 is 29.0 Å². The normalized spacial score (nSPS) is 10.5. The van der Waals surface area contributed by atoms with Crippen LogP contribution in [-0.4, -0.2) is 36.3 Å². The van der Waals surface area contributed by atoms with Crippen LogP contribution in [0.15, 0.2) is 16.7 Å². The third-order valence-electron chi connectivity index (χ3n) is 2.70. The number of rotatable bonds is 4. The molecule has 2 rings (SSSR count). The quantitative estimate of drug-likeness (QED) is 0.912. The number of oxazole rings is 1. The predicted octanol–water partition coefficient (Wildman–Crippen LogP) is 2.25. The Morgan fingerprint density at radius 3 is 2.84 bits per heavy atom. The number of nitrogens with zero attached hydrogens (tertiary/aromatic N) is 3. The van der Waals surface area contributed by atoms with Crippen molar-refractivity contribution in [2.75, 3.05) is 30.4 Å². The van der Waals surface area contributed by atoms with E-state index in [1.165, 1.54) is 13.3 Å². The summed E-state index contributed by atoms with van der Waals surface area (Å²) in [5.74, 6) is 0. The van der Waals surface area contributed by atoms with Gasteiger partial charge in [-0.1, -0.05) is 0 Å². The van der Waals surface area contributed by atoms with Gasteiger partial charge in [0.25, 0.3) is 6.01 Å². The highest BCUT2D eigenvalue weighted by atomic mass is 16.5. The molecule has 102 valence electrons. The number of nitrogens with one attached hydrogen (secondary N) is 1. The third kappa shape index (κ3) is 2.75. The molecule has 0 unspecified atom stereocenters. The number of carbonyl (C=O) groups excluding carboxylic acids is 1. The first-order valence-electron chi connectivity index (χ1n) is 6.04. The fraction of sp³-hybridized carbons (Fsp3) is 0.417. The number of hydrogen-bond acceptors (Lipinski definition) is 6. The molecular weight excluding hydrogens is 248 g/mol. The van der Waals surface area contributed by atoms with Crippen LogP contribution in [-0.2, 0) is 4.74 Å². The Labute approximate surface area is 110 Å². The summed E-state index contributed by atoms with van der Waals surface area (Å²) in [7, 11) is 1.30. The molecule has 0 atom stereocenters. The molecule has 7 nitrogen and oxygen atoms in total. The third-order valence-corrected chi connectivity index (χ3v) is 2.70. The monoisotopic (exact) mass is 264 g/mol. The number of methoxy groups -OCH3 is 1. The Hall–Kier alpha value is -2.31. The van der Waals surface area contributed by atoms with Crippen molar-refractivity contribution < 1.29 is 13.9 Å². The molecule has 0 spiro atoms. The van der Waals surface area contributed by atoms with E-state index in [0.717, 1.165) is 13.1 Å². The fourth-order valence-corrected chi connectivity index (χ4v) is 1.67. The summed E-state index contributed by atoms with van der Waals surface area (Å²) in [4.78, 5) is 21.5. The molecule has 19 heavy (non-hydrogen) atoms. The minimum atomic E-state index is -0.551. The largest absolute Gasteiger partial charge is 0.453 e. The summed E-state index contributed by atoms with van der Waals surface area (Å²) in [5.41, 5.74) is 1.54. The van der Waals surface area contributed by atoms with Crippen molar-refractivity contribution in [3.63, 3.8) is 0 Å². The summed E-state index contributed by atoms with van der Waals surface area (Å²) in [6.07, 6.45) is 0.956. The zero-order valence-corrected chi connectivity index (χ0v) is 11.1. The number of anilines is 2. The lowest BCUT2D eigenvalue weighted by atomic mass is 10.4. The smallest absolute Gasteiger partial charge is 0.411 e.